The van der Waals surface area contributed by atoms with Crippen LogP contribution in [0.15, 0.2) is 94.5 Å². The molecule has 3 aromatic carbocycles. The Morgan fingerprint density at radius 2 is 1.61 bits per heavy atom. The molecule has 0 saturated carbocycles. The first-order chi connectivity index (χ1) is 15.2. The van der Waals surface area contributed by atoms with Gasteiger partial charge in [0.2, 0.25) is 4.80 Å². The van der Waals surface area contributed by atoms with Gasteiger partial charge in [0.25, 0.3) is 0 Å². The van der Waals surface area contributed by atoms with Crippen molar-refractivity contribution >= 4 is 34.1 Å². The molecule has 2 heterocycles. The number of rotatable bonds is 4. The number of H-pyrrole nitrogens is 1. The SMILES string of the molecule is Fc1ccccc1N=c1scc(-c2ccccc2F)n1N=Cc1c[nH]c2ccccc12. The van der Waals surface area contributed by atoms with E-state index in [9.17, 15) is 8.78 Å². The third-order valence-corrected chi connectivity index (χ3v) is 5.65. The van der Waals surface area contributed by atoms with Crippen molar-refractivity contribution in [2.75, 3.05) is 0 Å². The Morgan fingerprint density at radius 1 is 0.871 bits per heavy atom. The minimum absolute atomic E-state index is 0.195. The minimum Gasteiger partial charge on any atom is -0.361 e. The summed E-state index contributed by atoms with van der Waals surface area (Å²) in [7, 11) is 0. The van der Waals surface area contributed by atoms with Crippen molar-refractivity contribution < 1.29 is 8.78 Å². The molecule has 0 bridgehead atoms. The molecule has 0 unspecified atom stereocenters. The molecular weight excluding hydrogens is 414 g/mol. The van der Waals surface area contributed by atoms with Crippen LogP contribution in [-0.2, 0) is 0 Å². The molecule has 152 valence electrons. The Balaban J connectivity index is 1.69. The highest BCUT2D eigenvalue weighted by Gasteiger charge is 2.12. The van der Waals surface area contributed by atoms with Crippen LogP contribution in [0.5, 0.6) is 0 Å². The first-order valence-electron chi connectivity index (χ1n) is 9.56. The Kier molecular flexibility index (Phi) is 5.01. The van der Waals surface area contributed by atoms with E-state index in [-0.39, 0.29) is 11.5 Å². The molecule has 5 aromatic rings. The van der Waals surface area contributed by atoms with Gasteiger partial charge in [0.1, 0.15) is 17.3 Å². The lowest BCUT2D eigenvalue weighted by atomic mass is 10.1. The van der Waals surface area contributed by atoms with Crippen LogP contribution in [0, 0.1) is 11.6 Å². The molecule has 0 aliphatic rings. The summed E-state index contributed by atoms with van der Waals surface area (Å²) in [6.45, 7) is 0. The van der Waals surface area contributed by atoms with E-state index in [1.807, 2.05) is 30.5 Å². The van der Waals surface area contributed by atoms with Gasteiger partial charge in [0, 0.05) is 33.6 Å². The van der Waals surface area contributed by atoms with E-state index in [0.29, 0.717) is 16.1 Å². The van der Waals surface area contributed by atoms with E-state index in [2.05, 4.69) is 15.1 Å². The molecule has 4 nitrogen and oxygen atoms in total. The molecule has 5 rings (SSSR count). The summed E-state index contributed by atoms with van der Waals surface area (Å²) in [6, 6.07) is 20.6. The molecule has 0 saturated heterocycles. The van der Waals surface area contributed by atoms with Gasteiger partial charge in [-0.1, -0.05) is 42.5 Å². The van der Waals surface area contributed by atoms with Crippen LogP contribution in [0.2, 0.25) is 0 Å². The number of fused-ring (bicyclic) bond motifs is 1. The van der Waals surface area contributed by atoms with Gasteiger partial charge >= 0.3 is 0 Å². The molecule has 0 aliphatic heterocycles. The fraction of sp³-hybridized carbons (Fsp3) is 0. The maximum Gasteiger partial charge on any atom is 0.211 e. The van der Waals surface area contributed by atoms with Gasteiger partial charge in [-0.15, -0.1) is 11.3 Å². The second-order valence-electron chi connectivity index (χ2n) is 6.79. The molecule has 2 aromatic heterocycles. The van der Waals surface area contributed by atoms with Gasteiger partial charge in [-0.25, -0.2) is 18.4 Å². The minimum atomic E-state index is -0.435. The number of halogens is 2. The predicted molar refractivity (Wildman–Crippen MR) is 121 cm³/mol. The summed E-state index contributed by atoms with van der Waals surface area (Å²) in [6.07, 6.45) is 3.55. The number of nitrogens with zero attached hydrogens (tertiary/aromatic N) is 3. The first-order valence-corrected chi connectivity index (χ1v) is 10.4. The van der Waals surface area contributed by atoms with Crippen molar-refractivity contribution in [1.29, 1.82) is 0 Å². The number of nitrogens with one attached hydrogen (secondary N) is 1. The number of aromatic amines is 1. The number of aromatic nitrogens is 2. The Morgan fingerprint density at radius 3 is 2.45 bits per heavy atom. The first kappa shape index (κ1) is 19.1. The highest BCUT2D eigenvalue weighted by atomic mass is 32.1. The highest BCUT2D eigenvalue weighted by molar-refractivity contribution is 7.07. The molecular formula is C24H16F2N4S. The number of thiazole rings is 1. The van der Waals surface area contributed by atoms with Crippen LogP contribution < -0.4 is 4.80 Å². The van der Waals surface area contributed by atoms with Gasteiger partial charge in [-0.05, 0) is 30.3 Å². The van der Waals surface area contributed by atoms with Crippen molar-refractivity contribution in [3.8, 4) is 11.3 Å². The molecule has 0 spiro atoms. The Hall–Kier alpha value is -3.84. The van der Waals surface area contributed by atoms with Crippen LogP contribution in [0.4, 0.5) is 14.5 Å². The zero-order chi connectivity index (χ0) is 21.2. The molecule has 0 aliphatic carbocycles. The zero-order valence-corrected chi connectivity index (χ0v) is 17.0. The number of para-hydroxylation sites is 2. The van der Waals surface area contributed by atoms with Crippen molar-refractivity contribution in [1.82, 2.24) is 9.66 Å². The third-order valence-electron chi connectivity index (χ3n) is 4.84. The lowest BCUT2D eigenvalue weighted by Crippen LogP contribution is -2.12. The van der Waals surface area contributed by atoms with Gasteiger partial charge < -0.3 is 4.98 Å². The molecule has 0 radical (unpaired) electrons. The quantitative estimate of drug-likeness (QED) is 0.335. The molecule has 0 amide bonds. The summed E-state index contributed by atoms with van der Waals surface area (Å²) in [5, 5.41) is 7.39. The monoisotopic (exact) mass is 430 g/mol. The van der Waals surface area contributed by atoms with Gasteiger partial charge in [-0.2, -0.15) is 5.10 Å². The van der Waals surface area contributed by atoms with Crippen LogP contribution in [0.3, 0.4) is 0 Å². The topological polar surface area (TPSA) is 45.4 Å². The average molecular weight is 430 g/mol. The smallest absolute Gasteiger partial charge is 0.211 e. The third kappa shape index (κ3) is 3.71. The van der Waals surface area contributed by atoms with E-state index in [4.69, 9.17) is 0 Å². The second-order valence-corrected chi connectivity index (χ2v) is 7.63. The summed E-state index contributed by atoms with van der Waals surface area (Å²) < 4.78 is 30.2. The second kappa shape index (κ2) is 8.12. The number of benzene rings is 3. The zero-order valence-electron chi connectivity index (χ0n) is 16.2. The normalized spacial score (nSPS) is 12.3. The van der Waals surface area contributed by atoms with E-state index in [1.54, 1.807) is 48.0 Å². The summed E-state index contributed by atoms with van der Waals surface area (Å²) in [5.74, 6) is -0.802. The van der Waals surface area contributed by atoms with Crippen LogP contribution in [-0.4, -0.2) is 15.9 Å². The predicted octanol–water partition coefficient (Wildman–Crippen LogP) is 6.09. The lowest BCUT2D eigenvalue weighted by Gasteiger charge is -2.05. The maximum atomic E-state index is 14.5. The van der Waals surface area contributed by atoms with Crippen molar-refractivity contribution in [2.45, 2.75) is 0 Å². The number of hydrogen-bond donors (Lipinski definition) is 1. The average Bonchev–Trinajstić information content (AvgIpc) is 3.38. The molecule has 31 heavy (non-hydrogen) atoms. The standard InChI is InChI=1S/C24H16F2N4S/c25-19-9-3-1-8-18(19)23-15-31-24(29-22-12-6-4-10-20(22)26)30(23)28-14-16-13-27-21-11-5-2-7-17(16)21/h1-15,27H. The van der Waals surface area contributed by atoms with Crippen molar-refractivity contribution in [3.05, 3.63) is 106 Å². The maximum absolute atomic E-state index is 14.5. The van der Waals surface area contributed by atoms with Crippen molar-refractivity contribution in [3.63, 3.8) is 0 Å². The molecule has 0 fully saturated rings. The van der Waals surface area contributed by atoms with E-state index >= 15 is 0 Å². The summed E-state index contributed by atoms with van der Waals surface area (Å²) >= 11 is 1.27. The Bertz CT molecular complexity index is 1480. The lowest BCUT2D eigenvalue weighted by molar-refractivity contribution is 0.627. The molecule has 7 heteroatoms. The van der Waals surface area contributed by atoms with Crippen molar-refractivity contribution in [2.24, 2.45) is 10.1 Å². The molecule has 0 atom stereocenters. The van der Waals surface area contributed by atoms with Gasteiger partial charge in [0.05, 0.1) is 11.9 Å². The molecule has 1 N–H and O–H groups in total. The largest absolute Gasteiger partial charge is 0.361 e. The fourth-order valence-electron chi connectivity index (χ4n) is 3.31. The van der Waals surface area contributed by atoms with Crippen LogP contribution in [0.25, 0.3) is 22.2 Å². The summed E-state index contributed by atoms with van der Waals surface area (Å²) in [4.78, 5) is 8.08. The number of hydrogen-bond acceptors (Lipinski definition) is 3. The highest BCUT2D eigenvalue weighted by Crippen LogP contribution is 2.24. The van der Waals surface area contributed by atoms with Crippen LogP contribution >= 0.6 is 11.3 Å². The Labute approximate surface area is 180 Å². The van der Waals surface area contributed by atoms with E-state index in [0.717, 1.165) is 16.5 Å². The van der Waals surface area contributed by atoms with E-state index < -0.39 is 5.82 Å². The fourth-order valence-corrected chi connectivity index (χ4v) is 4.15. The van der Waals surface area contributed by atoms with Crippen LogP contribution in [0.1, 0.15) is 5.56 Å². The van der Waals surface area contributed by atoms with E-state index in [1.165, 1.54) is 28.1 Å². The summed E-state index contributed by atoms with van der Waals surface area (Å²) in [5.41, 5.74) is 3.00. The van der Waals surface area contributed by atoms with Gasteiger partial charge in [-0.3, -0.25) is 0 Å². The van der Waals surface area contributed by atoms with Gasteiger partial charge in [0.15, 0.2) is 0 Å².